The van der Waals surface area contributed by atoms with E-state index >= 15 is 0 Å². The fourth-order valence-corrected chi connectivity index (χ4v) is 1.95. The van der Waals surface area contributed by atoms with Crippen LogP contribution >= 0.6 is 0 Å². The minimum Gasteiger partial charge on any atom is -0.465 e. The van der Waals surface area contributed by atoms with Crippen LogP contribution < -0.4 is 5.43 Å². The highest BCUT2D eigenvalue weighted by atomic mass is 16.3. The molecular formula is C12H20N2O. The highest BCUT2D eigenvalue weighted by Gasteiger charge is 2.09. The van der Waals surface area contributed by atoms with Crippen LogP contribution in [0.1, 0.15) is 37.7 Å². The third-order valence-corrected chi connectivity index (χ3v) is 2.90. The Morgan fingerprint density at radius 2 is 1.93 bits per heavy atom. The molecule has 1 N–H and O–H groups in total. The Balaban J connectivity index is 1.76. The van der Waals surface area contributed by atoms with E-state index in [1.807, 2.05) is 0 Å². The van der Waals surface area contributed by atoms with Crippen LogP contribution in [-0.4, -0.2) is 18.1 Å². The molecule has 0 aliphatic carbocycles. The average molecular weight is 208 g/mol. The van der Waals surface area contributed by atoms with Gasteiger partial charge in [0.15, 0.2) is 0 Å². The summed E-state index contributed by atoms with van der Waals surface area (Å²) >= 11 is 0. The fraction of sp³-hybridized carbons (Fsp3) is 0.667. The predicted octanol–water partition coefficient (Wildman–Crippen LogP) is 2.33. The minimum absolute atomic E-state index is 0.819. The van der Waals surface area contributed by atoms with Gasteiger partial charge < -0.3 is 4.42 Å². The molecule has 0 radical (unpaired) electrons. The molecule has 1 aliphatic rings. The van der Waals surface area contributed by atoms with Crippen LogP contribution in [0.25, 0.3) is 0 Å². The third-order valence-electron chi connectivity index (χ3n) is 2.90. The van der Waals surface area contributed by atoms with Crippen molar-refractivity contribution in [3.05, 3.63) is 23.7 Å². The monoisotopic (exact) mass is 208 g/mol. The van der Waals surface area contributed by atoms with E-state index in [1.54, 1.807) is 0 Å². The molecule has 0 saturated carbocycles. The van der Waals surface area contributed by atoms with Gasteiger partial charge in [-0.15, -0.1) is 0 Å². The summed E-state index contributed by atoms with van der Waals surface area (Å²) in [6.45, 7) is 5.27. The SMILES string of the molecule is CCc1ccc(CNN2CCCCC2)o1. The maximum Gasteiger partial charge on any atom is 0.119 e. The molecule has 1 aliphatic heterocycles. The molecular weight excluding hydrogens is 188 g/mol. The normalized spacial score (nSPS) is 18.2. The fourth-order valence-electron chi connectivity index (χ4n) is 1.95. The number of piperidine rings is 1. The summed E-state index contributed by atoms with van der Waals surface area (Å²) in [5.41, 5.74) is 3.41. The molecule has 2 rings (SSSR count). The standard InChI is InChI=1S/C12H20N2O/c1-2-11-6-7-12(15-11)10-13-14-8-4-3-5-9-14/h6-7,13H,2-5,8-10H2,1H3. The molecule has 0 aromatic carbocycles. The lowest BCUT2D eigenvalue weighted by Crippen LogP contribution is -2.41. The van der Waals surface area contributed by atoms with Crippen LogP contribution in [0.3, 0.4) is 0 Å². The lowest BCUT2D eigenvalue weighted by molar-refractivity contribution is 0.146. The van der Waals surface area contributed by atoms with Gasteiger partial charge in [0.05, 0.1) is 6.54 Å². The van der Waals surface area contributed by atoms with Crippen molar-refractivity contribution in [1.82, 2.24) is 10.4 Å². The van der Waals surface area contributed by atoms with Crippen molar-refractivity contribution >= 4 is 0 Å². The van der Waals surface area contributed by atoms with Gasteiger partial charge in [0.1, 0.15) is 11.5 Å². The van der Waals surface area contributed by atoms with Crippen LogP contribution in [0, 0.1) is 0 Å². The van der Waals surface area contributed by atoms with Gasteiger partial charge in [0.25, 0.3) is 0 Å². The van der Waals surface area contributed by atoms with Crippen LogP contribution in [0.15, 0.2) is 16.5 Å². The van der Waals surface area contributed by atoms with Crippen molar-refractivity contribution < 1.29 is 4.42 Å². The number of nitrogens with zero attached hydrogens (tertiary/aromatic N) is 1. The number of furan rings is 1. The van der Waals surface area contributed by atoms with E-state index in [1.165, 1.54) is 32.4 Å². The Kier molecular flexibility index (Phi) is 3.80. The number of hydrazine groups is 1. The van der Waals surface area contributed by atoms with E-state index in [9.17, 15) is 0 Å². The van der Waals surface area contributed by atoms with Crippen molar-refractivity contribution in [2.24, 2.45) is 0 Å². The van der Waals surface area contributed by atoms with Crippen LogP contribution in [0.4, 0.5) is 0 Å². The Hall–Kier alpha value is -0.800. The van der Waals surface area contributed by atoms with Crippen molar-refractivity contribution in [2.75, 3.05) is 13.1 Å². The summed E-state index contributed by atoms with van der Waals surface area (Å²) < 4.78 is 5.63. The lowest BCUT2D eigenvalue weighted by Gasteiger charge is -2.26. The molecule has 0 spiro atoms. The van der Waals surface area contributed by atoms with Gasteiger partial charge in [-0.1, -0.05) is 13.3 Å². The van der Waals surface area contributed by atoms with Crippen molar-refractivity contribution in [3.8, 4) is 0 Å². The molecule has 15 heavy (non-hydrogen) atoms. The molecule has 0 amide bonds. The second-order valence-corrected chi connectivity index (χ2v) is 4.10. The molecule has 0 unspecified atom stereocenters. The van der Waals surface area contributed by atoms with Gasteiger partial charge in [0.2, 0.25) is 0 Å². The van der Waals surface area contributed by atoms with Gasteiger partial charge >= 0.3 is 0 Å². The molecule has 1 fully saturated rings. The van der Waals surface area contributed by atoms with Gasteiger partial charge in [-0.3, -0.25) is 0 Å². The van der Waals surface area contributed by atoms with Crippen LogP contribution in [0.5, 0.6) is 0 Å². The van der Waals surface area contributed by atoms with Gasteiger partial charge in [0, 0.05) is 19.5 Å². The summed E-state index contributed by atoms with van der Waals surface area (Å²) in [5.74, 6) is 2.11. The zero-order valence-corrected chi connectivity index (χ0v) is 9.46. The topological polar surface area (TPSA) is 28.4 Å². The first-order chi connectivity index (χ1) is 7.38. The third kappa shape index (κ3) is 3.08. The Labute approximate surface area is 91.4 Å². The van der Waals surface area contributed by atoms with E-state index in [0.717, 1.165) is 24.5 Å². The first-order valence-electron chi connectivity index (χ1n) is 5.94. The quantitative estimate of drug-likeness (QED) is 0.823. The predicted molar refractivity (Wildman–Crippen MR) is 60.3 cm³/mol. The van der Waals surface area contributed by atoms with E-state index in [-0.39, 0.29) is 0 Å². The molecule has 3 heteroatoms. The number of hydrogen-bond acceptors (Lipinski definition) is 3. The summed E-state index contributed by atoms with van der Waals surface area (Å²) in [7, 11) is 0. The first-order valence-corrected chi connectivity index (χ1v) is 5.94. The van der Waals surface area contributed by atoms with Gasteiger partial charge in [-0.2, -0.15) is 0 Å². The summed E-state index contributed by atoms with van der Waals surface area (Å²) in [4.78, 5) is 0. The lowest BCUT2D eigenvalue weighted by atomic mass is 10.2. The highest BCUT2D eigenvalue weighted by molar-refractivity contribution is 5.06. The number of hydrogen-bond donors (Lipinski definition) is 1. The Morgan fingerprint density at radius 3 is 2.60 bits per heavy atom. The summed E-state index contributed by atoms with van der Waals surface area (Å²) in [5, 5.41) is 2.30. The second kappa shape index (κ2) is 5.33. The highest BCUT2D eigenvalue weighted by Crippen LogP contribution is 2.10. The van der Waals surface area contributed by atoms with Crippen molar-refractivity contribution in [3.63, 3.8) is 0 Å². The smallest absolute Gasteiger partial charge is 0.119 e. The molecule has 1 aromatic heterocycles. The van der Waals surface area contributed by atoms with Gasteiger partial charge in [-0.25, -0.2) is 10.4 Å². The maximum absolute atomic E-state index is 5.63. The molecule has 1 saturated heterocycles. The van der Waals surface area contributed by atoms with E-state index in [2.05, 4.69) is 29.5 Å². The molecule has 2 heterocycles. The van der Waals surface area contributed by atoms with Crippen molar-refractivity contribution in [2.45, 2.75) is 39.2 Å². The average Bonchev–Trinajstić information content (AvgIpc) is 2.76. The van der Waals surface area contributed by atoms with Crippen LogP contribution in [-0.2, 0) is 13.0 Å². The zero-order valence-electron chi connectivity index (χ0n) is 9.46. The molecule has 0 atom stereocenters. The van der Waals surface area contributed by atoms with E-state index in [0.29, 0.717) is 0 Å². The second-order valence-electron chi connectivity index (χ2n) is 4.10. The first kappa shape index (κ1) is 10.7. The van der Waals surface area contributed by atoms with E-state index < -0.39 is 0 Å². The van der Waals surface area contributed by atoms with Crippen molar-refractivity contribution in [1.29, 1.82) is 0 Å². The largest absolute Gasteiger partial charge is 0.465 e. The number of rotatable bonds is 4. The number of nitrogens with one attached hydrogen (secondary N) is 1. The van der Waals surface area contributed by atoms with Gasteiger partial charge in [-0.05, 0) is 25.0 Å². The van der Waals surface area contributed by atoms with E-state index in [4.69, 9.17) is 4.42 Å². The number of aryl methyl sites for hydroxylation is 1. The molecule has 0 bridgehead atoms. The molecule has 3 nitrogen and oxygen atoms in total. The zero-order chi connectivity index (χ0) is 10.5. The Morgan fingerprint density at radius 1 is 1.20 bits per heavy atom. The Bertz CT molecular complexity index is 290. The van der Waals surface area contributed by atoms with Crippen LogP contribution in [0.2, 0.25) is 0 Å². The molecule has 1 aromatic rings. The maximum atomic E-state index is 5.63. The molecule has 84 valence electrons. The minimum atomic E-state index is 0.819. The summed E-state index contributed by atoms with van der Waals surface area (Å²) in [6.07, 6.45) is 4.97. The summed E-state index contributed by atoms with van der Waals surface area (Å²) in [6, 6.07) is 4.13.